The number of benzene rings is 1. The Labute approximate surface area is 134 Å². The minimum Gasteiger partial charge on any atom is -0.480 e. The van der Waals surface area contributed by atoms with E-state index in [0.717, 1.165) is 31.4 Å². The summed E-state index contributed by atoms with van der Waals surface area (Å²) in [6.45, 7) is 10.8. The Bertz CT molecular complexity index is 550. The smallest absolute Gasteiger partial charge is 0.326 e. The van der Waals surface area contributed by atoms with Crippen LogP contribution in [0.25, 0.3) is 0 Å². The minimum atomic E-state index is -0.702. The van der Waals surface area contributed by atoms with Gasteiger partial charge < -0.3 is 10.0 Å². The summed E-state index contributed by atoms with van der Waals surface area (Å²) < 4.78 is 0. The highest BCUT2D eigenvalue weighted by molar-refractivity contribution is 5.81. The van der Waals surface area contributed by atoms with Crippen molar-refractivity contribution in [1.82, 2.24) is 0 Å². The first-order valence-corrected chi connectivity index (χ1v) is 8.43. The number of rotatable bonds is 6. The van der Waals surface area contributed by atoms with Crippen LogP contribution in [0.2, 0.25) is 0 Å². The maximum Gasteiger partial charge on any atom is 0.326 e. The third-order valence-electron chi connectivity index (χ3n) is 5.29. The average molecular weight is 303 g/mol. The fourth-order valence-corrected chi connectivity index (χ4v) is 3.58. The van der Waals surface area contributed by atoms with Crippen LogP contribution in [-0.2, 0) is 10.2 Å². The van der Waals surface area contributed by atoms with Gasteiger partial charge in [0.1, 0.15) is 6.04 Å². The molecular formula is C19H29NO2. The molecule has 1 heterocycles. The topological polar surface area (TPSA) is 40.5 Å². The van der Waals surface area contributed by atoms with Gasteiger partial charge in [-0.2, -0.15) is 0 Å². The van der Waals surface area contributed by atoms with E-state index in [2.05, 4.69) is 57.7 Å². The van der Waals surface area contributed by atoms with Gasteiger partial charge in [-0.25, -0.2) is 4.79 Å². The van der Waals surface area contributed by atoms with Crippen molar-refractivity contribution >= 4 is 11.7 Å². The molecule has 2 unspecified atom stereocenters. The van der Waals surface area contributed by atoms with Crippen LogP contribution in [0.15, 0.2) is 18.2 Å². The van der Waals surface area contributed by atoms with Crippen LogP contribution in [-0.4, -0.2) is 23.2 Å². The molecule has 1 aromatic rings. The molecule has 1 N–H and O–H groups in total. The van der Waals surface area contributed by atoms with E-state index in [4.69, 9.17) is 0 Å². The predicted octanol–water partition coefficient (Wildman–Crippen LogP) is 4.51. The maximum absolute atomic E-state index is 11.9. The summed E-state index contributed by atoms with van der Waals surface area (Å²) in [7, 11) is 0. The van der Waals surface area contributed by atoms with Gasteiger partial charge in [0.2, 0.25) is 0 Å². The highest BCUT2D eigenvalue weighted by Gasteiger charge is 2.45. The van der Waals surface area contributed by atoms with Gasteiger partial charge in [0.05, 0.1) is 0 Å². The van der Waals surface area contributed by atoms with Gasteiger partial charge in [-0.05, 0) is 31.9 Å². The van der Waals surface area contributed by atoms with Gasteiger partial charge in [-0.1, -0.05) is 57.7 Å². The molecule has 0 bridgehead atoms. The SMILES string of the molecule is CCCCCC(C(=O)O)N1c2ccc(C)cc2C(C)(C)C1C. The lowest BCUT2D eigenvalue weighted by Gasteiger charge is -2.35. The first-order valence-electron chi connectivity index (χ1n) is 8.43. The number of fused-ring (bicyclic) bond motifs is 1. The monoisotopic (exact) mass is 303 g/mol. The number of carboxylic acids is 1. The molecule has 0 aliphatic carbocycles. The number of hydrogen-bond acceptors (Lipinski definition) is 2. The van der Waals surface area contributed by atoms with Crippen molar-refractivity contribution < 1.29 is 9.90 Å². The van der Waals surface area contributed by atoms with Crippen LogP contribution in [0.4, 0.5) is 5.69 Å². The number of anilines is 1. The second-order valence-electron chi connectivity index (χ2n) is 7.18. The van der Waals surface area contributed by atoms with E-state index < -0.39 is 12.0 Å². The lowest BCUT2D eigenvalue weighted by Crippen LogP contribution is -2.48. The number of carboxylic acid groups (broad SMARTS) is 1. The van der Waals surface area contributed by atoms with Gasteiger partial charge in [0.15, 0.2) is 0 Å². The maximum atomic E-state index is 11.9. The van der Waals surface area contributed by atoms with Gasteiger partial charge in [-0.3, -0.25) is 0 Å². The number of aliphatic carboxylic acids is 1. The van der Waals surface area contributed by atoms with Gasteiger partial charge >= 0.3 is 5.97 Å². The van der Waals surface area contributed by atoms with E-state index in [0.29, 0.717) is 0 Å². The number of unbranched alkanes of at least 4 members (excludes halogenated alkanes) is 2. The van der Waals surface area contributed by atoms with Crippen molar-refractivity contribution in [2.75, 3.05) is 4.90 Å². The van der Waals surface area contributed by atoms with Crippen LogP contribution in [0, 0.1) is 6.92 Å². The Morgan fingerprint density at radius 3 is 2.64 bits per heavy atom. The van der Waals surface area contributed by atoms with E-state index in [1.54, 1.807) is 0 Å². The van der Waals surface area contributed by atoms with Crippen molar-refractivity contribution in [3.05, 3.63) is 29.3 Å². The molecule has 0 saturated heterocycles. The third kappa shape index (κ3) is 2.86. The molecule has 0 saturated carbocycles. The highest BCUT2D eigenvalue weighted by atomic mass is 16.4. The Hall–Kier alpha value is -1.51. The van der Waals surface area contributed by atoms with Gasteiger partial charge in [-0.15, -0.1) is 0 Å². The number of nitrogens with zero attached hydrogens (tertiary/aromatic N) is 1. The molecule has 3 nitrogen and oxygen atoms in total. The van der Waals surface area contributed by atoms with E-state index >= 15 is 0 Å². The van der Waals surface area contributed by atoms with Crippen molar-refractivity contribution in [1.29, 1.82) is 0 Å². The molecular weight excluding hydrogens is 274 g/mol. The first-order chi connectivity index (χ1) is 10.3. The van der Waals surface area contributed by atoms with Crippen LogP contribution in [0.5, 0.6) is 0 Å². The lowest BCUT2D eigenvalue weighted by molar-refractivity contribution is -0.139. The van der Waals surface area contributed by atoms with Crippen molar-refractivity contribution in [2.24, 2.45) is 0 Å². The molecule has 0 aromatic heterocycles. The summed E-state index contributed by atoms with van der Waals surface area (Å²) in [5.41, 5.74) is 3.59. The second-order valence-corrected chi connectivity index (χ2v) is 7.18. The number of aryl methyl sites for hydroxylation is 1. The fourth-order valence-electron chi connectivity index (χ4n) is 3.58. The summed E-state index contributed by atoms with van der Waals surface area (Å²) in [4.78, 5) is 14.0. The van der Waals surface area contributed by atoms with Crippen LogP contribution < -0.4 is 4.90 Å². The third-order valence-corrected chi connectivity index (χ3v) is 5.29. The van der Waals surface area contributed by atoms with E-state index in [9.17, 15) is 9.90 Å². The van der Waals surface area contributed by atoms with Crippen LogP contribution in [0.3, 0.4) is 0 Å². The second kappa shape index (κ2) is 6.31. The fraction of sp³-hybridized carbons (Fsp3) is 0.632. The molecule has 0 radical (unpaired) electrons. The molecule has 3 heteroatoms. The standard InChI is InChI=1S/C19H29NO2/c1-6-7-8-9-17(18(21)22)20-14(3)19(4,5)15-12-13(2)10-11-16(15)20/h10-12,14,17H,6-9H2,1-5H3,(H,21,22). The van der Waals surface area contributed by atoms with Gasteiger partial charge in [0, 0.05) is 17.1 Å². The summed E-state index contributed by atoms with van der Waals surface area (Å²) >= 11 is 0. The van der Waals surface area contributed by atoms with Crippen molar-refractivity contribution in [3.63, 3.8) is 0 Å². The summed E-state index contributed by atoms with van der Waals surface area (Å²) in [6, 6.07) is 6.17. The summed E-state index contributed by atoms with van der Waals surface area (Å²) in [5, 5.41) is 9.76. The predicted molar refractivity (Wildman–Crippen MR) is 91.7 cm³/mol. The van der Waals surface area contributed by atoms with Crippen molar-refractivity contribution in [3.8, 4) is 0 Å². The summed E-state index contributed by atoms with van der Waals surface area (Å²) in [5.74, 6) is -0.702. The van der Waals surface area contributed by atoms with Crippen LogP contribution in [0.1, 0.15) is 64.5 Å². The largest absolute Gasteiger partial charge is 0.480 e. The molecule has 122 valence electrons. The minimum absolute atomic E-state index is 0.0280. The number of hydrogen-bond donors (Lipinski definition) is 1. The molecule has 1 aliphatic rings. The zero-order valence-corrected chi connectivity index (χ0v) is 14.5. The lowest BCUT2D eigenvalue weighted by atomic mass is 9.81. The molecule has 0 spiro atoms. The molecule has 2 atom stereocenters. The Balaban J connectivity index is 2.39. The molecule has 0 fully saturated rings. The molecule has 1 aromatic carbocycles. The Kier molecular flexibility index (Phi) is 4.84. The zero-order chi connectivity index (χ0) is 16.5. The quantitative estimate of drug-likeness (QED) is 0.786. The zero-order valence-electron chi connectivity index (χ0n) is 14.5. The highest BCUT2D eigenvalue weighted by Crippen LogP contribution is 2.46. The molecule has 22 heavy (non-hydrogen) atoms. The summed E-state index contributed by atoms with van der Waals surface area (Å²) in [6.07, 6.45) is 3.90. The number of carbonyl (C=O) groups is 1. The van der Waals surface area contributed by atoms with Crippen molar-refractivity contribution in [2.45, 2.75) is 77.8 Å². The van der Waals surface area contributed by atoms with Gasteiger partial charge in [0.25, 0.3) is 0 Å². The van der Waals surface area contributed by atoms with E-state index in [1.807, 2.05) is 0 Å². The molecule has 2 rings (SSSR count). The first kappa shape index (κ1) is 16.9. The van der Waals surface area contributed by atoms with E-state index in [1.165, 1.54) is 11.1 Å². The normalized spacial score (nSPS) is 20.8. The Morgan fingerprint density at radius 2 is 2.05 bits per heavy atom. The van der Waals surface area contributed by atoms with Crippen LogP contribution >= 0.6 is 0 Å². The van der Waals surface area contributed by atoms with E-state index in [-0.39, 0.29) is 11.5 Å². The Morgan fingerprint density at radius 1 is 1.36 bits per heavy atom. The molecule has 1 aliphatic heterocycles. The average Bonchev–Trinajstić information content (AvgIpc) is 2.64. The molecule has 0 amide bonds.